The number of ether oxygens (including phenoxy) is 1. The molecule has 0 aliphatic carbocycles. The number of carbonyl (C=O) groups is 1. The first-order valence-corrected chi connectivity index (χ1v) is 5.25. The van der Waals surface area contributed by atoms with E-state index < -0.39 is 0 Å². The minimum Gasteiger partial charge on any atom is -0.460 e. The fourth-order valence-corrected chi connectivity index (χ4v) is 1.30. The molecule has 0 radical (unpaired) electrons. The van der Waals surface area contributed by atoms with Crippen LogP contribution in [0.3, 0.4) is 0 Å². The molecule has 0 saturated heterocycles. The number of rotatable bonds is 2. The molecule has 3 heteroatoms. The van der Waals surface area contributed by atoms with Crippen molar-refractivity contribution in [1.82, 2.24) is 0 Å². The Morgan fingerprint density at radius 1 is 1.24 bits per heavy atom. The molecule has 0 aromatic heterocycles. The SMILES string of the molecule is CC(=O)OC(C)c1ccc[cH-]1.[Fe+2].c1cc[cH-]c1. The Morgan fingerprint density at radius 3 is 2.24 bits per heavy atom. The number of hydrogen-bond donors (Lipinski definition) is 0. The molecule has 2 aromatic rings. The van der Waals surface area contributed by atoms with Crippen LogP contribution in [0.25, 0.3) is 0 Å². The first-order valence-electron chi connectivity index (χ1n) is 5.25. The zero-order valence-corrected chi connectivity index (χ0v) is 11.0. The van der Waals surface area contributed by atoms with Gasteiger partial charge in [0.25, 0.3) is 0 Å². The number of hydrogen-bond acceptors (Lipinski definition) is 2. The van der Waals surface area contributed by atoms with Gasteiger partial charge in [0, 0.05) is 6.92 Å². The molecule has 0 heterocycles. The molecule has 0 aliphatic rings. The van der Waals surface area contributed by atoms with Crippen molar-refractivity contribution in [3.63, 3.8) is 0 Å². The molecule has 2 nitrogen and oxygen atoms in total. The van der Waals surface area contributed by atoms with Gasteiger partial charge >= 0.3 is 23.0 Å². The van der Waals surface area contributed by atoms with Crippen LogP contribution in [-0.2, 0) is 26.6 Å². The summed E-state index contributed by atoms with van der Waals surface area (Å²) < 4.78 is 4.96. The van der Waals surface area contributed by atoms with E-state index in [1.807, 2.05) is 61.5 Å². The van der Waals surface area contributed by atoms with E-state index >= 15 is 0 Å². The summed E-state index contributed by atoms with van der Waals surface area (Å²) in [5.74, 6) is -0.237. The van der Waals surface area contributed by atoms with Crippen LogP contribution in [-0.4, -0.2) is 5.97 Å². The predicted molar refractivity (Wildman–Crippen MR) is 64.3 cm³/mol. The fraction of sp³-hybridized carbons (Fsp3) is 0.214. The van der Waals surface area contributed by atoms with Crippen molar-refractivity contribution in [2.75, 3.05) is 0 Å². The van der Waals surface area contributed by atoms with Crippen LogP contribution in [0.5, 0.6) is 0 Å². The topological polar surface area (TPSA) is 26.3 Å². The molecule has 2 aromatic carbocycles. The summed E-state index contributed by atoms with van der Waals surface area (Å²) in [6.07, 6.45) is -0.123. The third-order valence-corrected chi connectivity index (χ3v) is 2.06. The second-order valence-corrected chi connectivity index (χ2v) is 3.43. The first kappa shape index (κ1) is 15.7. The predicted octanol–water partition coefficient (Wildman–Crippen LogP) is 3.43. The zero-order chi connectivity index (χ0) is 11.8. The van der Waals surface area contributed by atoms with Gasteiger partial charge in [-0.15, -0.1) is 5.56 Å². The van der Waals surface area contributed by atoms with Crippen molar-refractivity contribution >= 4 is 5.97 Å². The molecule has 0 fully saturated rings. The molecular weight excluding hydrogens is 256 g/mol. The summed E-state index contributed by atoms with van der Waals surface area (Å²) in [5, 5.41) is 0. The number of carbonyl (C=O) groups excluding carboxylic acids is 1. The second kappa shape index (κ2) is 8.80. The standard InChI is InChI=1S/C9H11O2.C5H5.Fe/c1-7(11-8(2)10)9-5-3-4-6-9;1-2-4-5-3-1;/h3-7H,1-2H3;1-5H;/q2*-1;+2. The molecule has 0 aliphatic heterocycles. The summed E-state index contributed by atoms with van der Waals surface area (Å²) in [7, 11) is 0. The maximum atomic E-state index is 10.5. The Labute approximate surface area is 113 Å². The molecule has 2 rings (SSSR count). The van der Waals surface area contributed by atoms with E-state index in [1.165, 1.54) is 6.92 Å². The summed E-state index contributed by atoms with van der Waals surface area (Å²) in [5.41, 5.74) is 1.04. The van der Waals surface area contributed by atoms with Crippen molar-refractivity contribution in [3.8, 4) is 0 Å². The fourth-order valence-electron chi connectivity index (χ4n) is 1.30. The van der Waals surface area contributed by atoms with E-state index in [9.17, 15) is 4.79 Å². The first-order chi connectivity index (χ1) is 7.70. The minimum absolute atomic E-state index is 0. The van der Waals surface area contributed by atoms with Crippen molar-refractivity contribution in [2.45, 2.75) is 20.0 Å². The van der Waals surface area contributed by atoms with Gasteiger partial charge in [-0.05, 0) is 6.92 Å². The maximum absolute atomic E-state index is 10.5. The van der Waals surface area contributed by atoms with Gasteiger partial charge < -0.3 is 4.74 Å². The summed E-state index contributed by atoms with van der Waals surface area (Å²) >= 11 is 0. The second-order valence-electron chi connectivity index (χ2n) is 3.43. The average Bonchev–Trinajstić information content (AvgIpc) is 2.94. The Hall–Kier alpha value is -1.31. The zero-order valence-electron chi connectivity index (χ0n) is 9.94. The molecule has 0 spiro atoms. The molecule has 17 heavy (non-hydrogen) atoms. The smallest absolute Gasteiger partial charge is 0.460 e. The molecule has 0 bridgehead atoms. The van der Waals surface area contributed by atoms with Gasteiger partial charge in [0.1, 0.15) is 6.10 Å². The molecule has 1 atom stereocenters. The third-order valence-electron chi connectivity index (χ3n) is 2.06. The molecule has 1 unspecified atom stereocenters. The van der Waals surface area contributed by atoms with E-state index in [4.69, 9.17) is 4.74 Å². The quantitative estimate of drug-likeness (QED) is 0.475. The Morgan fingerprint density at radius 2 is 1.88 bits per heavy atom. The third kappa shape index (κ3) is 6.77. The van der Waals surface area contributed by atoms with Gasteiger partial charge in [-0.1, -0.05) is 0 Å². The van der Waals surface area contributed by atoms with E-state index in [0.29, 0.717) is 0 Å². The van der Waals surface area contributed by atoms with E-state index in [1.54, 1.807) is 0 Å². The van der Waals surface area contributed by atoms with E-state index in [2.05, 4.69) is 0 Å². The summed E-state index contributed by atoms with van der Waals surface area (Å²) in [6, 6.07) is 17.7. The van der Waals surface area contributed by atoms with Crippen LogP contribution in [0.2, 0.25) is 0 Å². The van der Waals surface area contributed by atoms with Crippen LogP contribution in [0.1, 0.15) is 25.5 Å². The number of esters is 1. The molecule has 0 N–H and O–H groups in total. The maximum Gasteiger partial charge on any atom is 2.00 e. The van der Waals surface area contributed by atoms with Crippen LogP contribution in [0, 0.1) is 0 Å². The van der Waals surface area contributed by atoms with Gasteiger partial charge in [0.2, 0.25) is 0 Å². The summed E-state index contributed by atoms with van der Waals surface area (Å²) in [4.78, 5) is 10.5. The van der Waals surface area contributed by atoms with Crippen LogP contribution in [0.15, 0.2) is 54.6 Å². The van der Waals surface area contributed by atoms with Crippen LogP contribution >= 0.6 is 0 Å². The Bertz CT molecular complexity index is 359. The monoisotopic (exact) mass is 272 g/mol. The molecule has 0 saturated carbocycles. The van der Waals surface area contributed by atoms with Crippen LogP contribution in [0.4, 0.5) is 0 Å². The van der Waals surface area contributed by atoms with Crippen molar-refractivity contribution in [2.24, 2.45) is 0 Å². The minimum atomic E-state index is -0.237. The van der Waals surface area contributed by atoms with Crippen molar-refractivity contribution < 1.29 is 26.6 Å². The molecule has 92 valence electrons. The van der Waals surface area contributed by atoms with E-state index in [-0.39, 0.29) is 29.1 Å². The van der Waals surface area contributed by atoms with Gasteiger partial charge in [0.15, 0.2) is 0 Å². The van der Waals surface area contributed by atoms with Crippen LogP contribution < -0.4 is 0 Å². The Balaban J connectivity index is 0.000000360. The van der Waals surface area contributed by atoms with Gasteiger partial charge in [-0.3, -0.25) is 4.79 Å². The summed E-state index contributed by atoms with van der Waals surface area (Å²) in [6.45, 7) is 3.27. The largest absolute Gasteiger partial charge is 2.00 e. The molecule has 0 amide bonds. The molecular formula is C14H16FeO2. The van der Waals surface area contributed by atoms with Crippen molar-refractivity contribution in [1.29, 1.82) is 0 Å². The van der Waals surface area contributed by atoms with Gasteiger partial charge in [0.05, 0.1) is 0 Å². The van der Waals surface area contributed by atoms with Gasteiger partial charge in [-0.2, -0.15) is 30.3 Å². The van der Waals surface area contributed by atoms with E-state index in [0.717, 1.165) is 5.56 Å². The average molecular weight is 272 g/mol. The van der Waals surface area contributed by atoms with Crippen molar-refractivity contribution in [3.05, 3.63) is 60.2 Å². The Kier molecular flexibility index (Phi) is 8.12. The van der Waals surface area contributed by atoms with Gasteiger partial charge in [-0.25, -0.2) is 24.3 Å². The normalized spacial score (nSPS) is 10.5.